The summed E-state index contributed by atoms with van der Waals surface area (Å²) in [5.74, 6) is 0.710. The Balaban J connectivity index is 1.68. The summed E-state index contributed by atoms with van der Waals surface area (Å²) >= 11 is 0. The molecule has 0 aliphatic rings. The third-order valence-electron chi connectivity index (χ3n) is 4.34. The van der Waals surface area contributed by atoms with Crippen molar-refractivity contribution in [3.8, 4) is 0 Å². The molecule has 27 heavy (non-hydrogen) atoms. The van der Waals surface area contributed by atoms with E-state index in [-0.39, 0.29) is 11.5 Å². The Hall–Kier alpha value is -3.22. The van der Waals surface area contributed by atoms with E-state index in [2.05, 4.69) is 14.7 Å². The molecule has 0 atom stereocenters. The lowest BCUT2D eigenvalue weighted by atomic mass is 10.1. The molecule has 0 aliphatic heterocycles. The first kappa shape index (κ1) is 18.6. The minimum Gasteiger partial charge on any atom is -0.427 e. The number of hydrogen-bond donors (Lipinski definition) is 0. The minimum atomic E-state index is -0.602. The zero-order valence-corrected chi connectivity index (χ0v) is 15.3. The molecule has 0 fully saturated rings. The van der Waals surface area contributed by atoms with Gasteiger partial charge in [0.05, 0.1) is 0 Å². The lowest BCUT2D eigenvalue weighted by molar-refractivity contribution is 0.0790. The normalized spacial score (nSPS) is 10.7. The highest BCUT2D eigenvalue weighted by Gasteiger charge is 2.20. The summed E-state index contributed by atoms with van der Waals surface area (Å²) in [6, 6.07) is 11.7. The van der Waals surface area contributed by atoms with Gasteiger partial charge in [-0.25, -0.2) is 4.79 Å². The average Bonchev–Trinajstić information content (AvgIpc) is 3.18. The SMILES string of the molecule is Cc1cc(CCc2ccccc2)oc(=O)c1C(=O)N(C)CCc1ncon1. The van der Waals surface area contributed by atoms with Gasteiger partial charge in [0, 0.05) is 26.4 Å². The second-order valence-corrected chi connectivity index (χ2v) is 6.37. The Morgan fingerprint density at radius 3 is 2.59 bits per heavy atom. The largest absolute Gasteiger partial charge is 0.427 e. The van der Waals surface area contributed by atoms with E-state index in [0.29, 0.717) is 36.5 Å². The highest BCUT2D eigenvalue weighted by molar-refractivity contribution is 5.94. The molecule has 2 aromatic heterocycles. The van der Waals surface area contributed by atoms with Crippen molar-refractivity contribution in [2.45, 2.75) is 26.2 Å². The van der Waals surface area contributed by atoms with Crippen LogP contribution in [0.15, 0.2) is 56.5 Å². The topological polar surface area (TPSA) is 89.4 Å². The molecule has 0 bridgehead atoms. The van der Waals surface area contributed by atoms with E-state index in [1.165, 1.54) is 16.9 Å². The van der Waals surface area contributed by atoms with Gasteiger partial charge in [0.1, 0.15) is 11.3 Å². The van der Waals surface area contributed by atoms with Crippen molar-refractivity contribution in [1.29, 1.82) is 0 Å². The van der Waals surface area contributed by atoms with Crippen LogP contribution in [0.2, 0.25) is 0 Å². The summed E-state index contributed by atoms with van der Waals surface area (Å²) in [5.41, 5.74) is 1.24. The van der Waals surface area contributed by atoms with E-state index in [4.69, 9.17) is 4.42 Å². The average molecular weight is 367 g/mol. The number of likely N-dealkylation sites (N-methyl/N-ethyl adjacent to an activating group) is 1. The zero-order valence-electron chi connectivity index (χ0n) is 15.3. The van der Waals surface area contributed by atoms with Gasteiger partial charge in [-0.3, -0.25) is 4.79 Å². The summed E-state index contributed by atoms with van der Waals surface area (Å²) in [6.45, 7) is 2.12. The maximum atomic E-state index is 12.6. The fourth-order valence-corrected chi connectivity index (χ4v) is 2.83. The summed E-state index contributed by atoms with van der Waals surface area (Å²) < 4.78 is 10.1. The summed E-state index contributed by atoms with van der Waals surface area (Å²) in [6.07, 6.45) is 3.05. The Morgan fingerprint density at radius 1 is 1.15 bits per heavy atom. The van der Waals surface area contributed by atoms with E-state index < -0.39 is 5.63 Å². The highest BCUT2D eigenvalue weighted by Crippen LogP contribution is 2.12. The molecule has 7 heteroatoms. The second kappa shape index (κ2) is 8.44. The first-order chi connectivity index (χ1) is 13.0. The Morgan fingerprint density at radius 2 is 1.93 bits per heavy atom. The van der Waals surface area contributed by atoms with Crippen LogP contribution in [0.25, 0.3) is 0 Å². The number of aryl methyl sites for hydroxylation is 3. The van der Waals surface area contributed by atoms with Gasteiger partial charge in [-0.15, -0.1) is 0 Å². The van der Waals surface area contributed by atoms with Crippen LogP contribution in [0.1, 0.15) is 33.1 Å². The number of rotatable bonds is 7. The second-order valence-electron chi connectivity index (χ2n) is 6.37. The van der Waals surface area contributed by atoms with E-state index >= 15 is 0 Å². The first-order valence-electron chi connectivity index (χ1n) is 8.73. The number of aromatic nitrogens is 2. The maximum absolute atomic E-state index is 12.6. The van der Waals surface area contributed by atoms with Crippen molar-refractivity contribution in [2.75, 3.05) is 13.6 Å². The molecule has 0 N–H and O–H groups in total. The molecule has 7 nitrogen and oxygen atoms in total. The third kappa shape index (κ3) is 4.69. The van der Waals surface area contributed by atoms with Gasteiger partial charge in [0.2, 0.25) is 6.39 Å². The summed E-state index contributed by atoms with van der Waals surface area (Å²) in [7, 11) is 1.63. The lowest BCUT2D eigenvalue weighted by Crippen LogP contribution is -2.33. The van der Waals surface area contributed by atoms with Crippen molar-refractivity contribution in [3.63, 3.8) is 0 Å². The molecule has 1 aromatic carbocycles. The number of carbonyl (C=O) groups is 1. The van der Waals surface area contributed by atoms with Crippen LogP contribution in [-0.2, 0) is 19.3 Å². The molecule has 0 saturated carbocycles. The fourth-order valence-electron chi connectivity index (χ4n) is 2.83. The Bertz CT molecular complexity index is 949. The quantitative estimate of drug-likeness (QED) is 0.637. The lowest BCUT2D eigenvalue weighted by Gasteiger charge is -2.17. The predicted octanol–water partition coefficient (Wildman–Crippen LogP) is 2.43. The van der Waals surface area contributed by atoms with E-state index in [1.54, 1.807) is 20.0 Å². The molecule has 0 radical (unpaired) electrons. The van der Waals surface area contributed by atoms with Crippen LogP contribution in [0.5, 0.6) is 0 Å². The Kier molecular flexibility index (Phi) is 5.80. The zero-order chi connectivity index (χ0) is 19.2. The van der Waals surface area contributed by atoms with Crippen molar-refractivity contribution < 1.29 is 13.7 Å². The molecular formula is C20H21N3O4. The predicted molar refractivity (Wildman–Crippen MR) is 98.5 cm³/mol. The van der Waals surface area contributed by atoms with Gasteiger partial charge >= 0.3 is 5.63 Å². The molecule has 140 valence electrons. The summed E-state index contributed by atoms with van der Waals surface area (Å²) in [4.78, 5) is 30.4. The van der Waals surface area contributed by atoms with Crippen molar-refractivity contribution >= 4 is 5.91 Å². The number of carbonyl (C=O) groups excluding carboxylic acids is 1. The van der Waals surface area contributed by atoms with Gasteiger partial charge < -0.3 is 13.8 Å². The van der Waals surface area contributed by atoms with Crippen LogP contribution in [0.4, 0.5) is 0 Å². The summed E-state index contributed by atoms with van der Waals surface area (Å²) in [5, 5.41) is 3.71. The molecule has 2 heterocycles. The van der Waals surface area contributed by atoms with Crippen molar-refractivity contribution in [2.24, 2.45) is 0 Å². The fraction of sp³-hybridized carbons (Fsp3) is 0.300. The van der Waals surface area contributed by atoms with Crippen LogP contribution in [0, 0.1) is 6.92 Å². The first-order valence-corrected chi connectivity index (χ1v) is 8.73. The number of amides is 1. The van der Waals surface area contributed by atoms with Crippen LogP contribution >= 0.6 is 0 Å². The van der Waals surface area contributed by atoms with Gasteiger partial charge in [-0.1, -0.05) is 35.5 Å². The molecule has 0 aliphatic carbocycles. The standard InChI is InChI=1S/C20H21N3O4/c1-14-12-16(9-8-15-6-4-3-5-7-15)27-20(25)18(14)19(24)23(2)11-10-17-21-13-26-22-17/h3-7,12-13H,8-11H2,1-2H3. The van der Waals surface area contributed by atoms with Gasteiger partial charge in [-0.2, -0.15) is 4.98 Å². The molecule has 0 unspecified atom stereocenters. The smallest absolute Gasteiger partial charge is 0.349 e. The molecule has 3 aromatic rings. The molecule has 0 spiro atoms. The monoisotopic (exact) mass is 367 g/mol. The van der Waals surface area contributed by atoms with Crippen LogP contribution in [0.3, 0.4) is 0 Å². The Labute approximate surface area is 156 Å². The van der Waals surface area contributed by atoms with E-state index in [0.717, 1.165) is 6.42 Å². The molecule has 1 amide bonds. The van der Waals surface area contributed by atoms with Crippen LogP contribution in [-0.4, -0.2) is 34.5 Å². The molecule has 0 saturated heterocycles. The number of benzene rings is 1. The van der Waals surface area contributed by atoms with E-state index in [9.17, 15) is 9.59 Å². The third-order valence-corrected chi connectivity index (χ3v) is 4.34. The highest BCUT2D eigenvalue weighted by atomic mass is 16.5. The molecular weight excluding hydrogens is 346 g/mol. The van der Waals surface area contributed by atoms with Gasteiger partial charge in [0.15, 0.2) is 5.82 Å². The van der Waals surface area contributed by atoms with Gasteiger partial charge in [0.25, 0.3) is 5.91 Å². The maximum Gasteiger partial charge on any atom is 0.349 e. The number of nitrogens with zero attached hydrogens (tertiary/aromatic N) is 3. The minimum absolute atomic E-state index is 0.0640. The van der Waals surface area contributed by atoms with Crippen molar-refractivity contribution in [3.05, 3.63) is 81.5 Å². The van der Waals surface area contributed by atoms with E-state index in [1.807, 2.05) is 30.3 Å². The molecule has 3 rings (SSSR count). The van der Waals surface area contributed by atoms with Crippen molar-refractivity contribution in [1.82, 2.24) is 15.0 Å². The number of hydrogen-bond acceptors (Lipinski definition) is 6. The van der Waals surface area contributed by atoms with Gasteiger partial charge in [-0.05, 0) is 30.5 Å². The van der Waals surface area contributed by atoms with Crippen LogP contribution < -0.4 is 5.63 Å².